The maximum absolute atomic E-state index is 13.4. The minimum Gasteiger partial charge on any atom is -0.443 e. The third-order valence-electron chi connectivity index (χ3n) is 7.05. The van der Waals surface area contributed by atoms with Crippen LogP contribution in [0.4, 0.5) is 16.6 Å². The first-order valence-corrected chi connectivity index (χ1v) is 14.7. The van der Waals surface area contributed by atoms with Gasteiger partial charge in [-0.15, -0.1) is 0 Å². The van der Waals surface area contributed by atoms with Crippen LogP contribution in [0.1, 0.15) is 51.4 Å². The van der Waals surface area contributed by atoms with E-state index >= 15 is 0 Å². The van der Waals surface area contributed by atoms with E-state index in [1.54, 1.807) is 4.90 Å². The van der Waals surface area contributed by atoms with Gasteiger partial charge in [0.05, 0.1) is 0 Å². The second kappa shape index (κ2) is 12.6. The van der Waals surface area contributed by atoms with Crippen LogP contribution in [0.2, 0.25) is 0 Å². The van der Waals surface area contributed by atoms with Crippen molar-refractivity contribution in [3.05, 3.63) is 108 Å². The molecule has 0 atom stereocenters. The van der Waals surface area contributed by atoms with Gasteiger partial charge in [0.2, 0.25) is 5.95 Å². The monoisotopic (exact) mass is 560 g/mol. The lowest BCUT2D eigenvalue weighted by Gasteiger charge is -2.28. The van der Waals surface area contributed by atoms with E-state index in [0.29, 0.717) is 31.3 Å². The van der Waals surface area contributed by atoms with Crippen LogP contribution in [-0.4, -0.2) is 28.2 Å². The molecule has 1 aromatic heterocycles. The van der Waals surface area contributed by atoms with Gasteiger partial charge in [0.25, 0.3) is 0 Å². The van der Waals surface area contributed by atoms with Gasteiger partial charge in [-0.2, -0.15) is 4.98 Å². The molecule has 0 aliphatic heterocycles. The number of hydrogen-bond donors (Lipinski definition) is 1. The Morgan fingerprint density at radius 3 is 2.05 bits per heavy atom. The predicted molar refractivity (Wildman–Crippen MR) is 173 cm³/mol. The minimum absolute atomic E-state index is 0.221. The maximum atomic E-state index is 13.4. The lowest BCUT2D eigenvalue weighted by Crippen LogP contribution is -2.39. The molecule has 5 rings (SSSR count). The Bertz CT molecular complexity index is 1580. The number of anilines is 2. The first-order valence-electron chi connectivity index (χ1n) is 14.7. The van der Waals surface area contributed by atoms with Crippen molar-refractivity contribution in [1.29, 1.82) is 0 Å². The summed E-state index contributed by atoms with van der Waals surface area (Å²) in [5, 5.41) is 8.31. The van der Waals surface area contributed by atoms with E-state index < -0.39 is 11.7 Å². The van der Waals surface area contributed by atoms with Crippen LogP contribution < -0.4 is 10.2 Å². The molecular weight excluding hydrogens is 520 g/mol. The van der Waals surface area contributed by atoms with Crippen molar-refractivity contribution < 1.29 is 9.53 Å². The smallest absolute Gasteiger partial charge is 0.416 e. The van der Waals surface area contributed by atoms with Gasteiger partial charge < -0.3 is 10.1 Å². The largest absolute Gasteiger partial charge is 0.443 e. The lowest BCUT2D eigenvalue weighted by molar-refractivity contribution is 0.0575. The Kier molecular flexibility index (Phi) is 8.72. The molecule has 0 radical (unpaired) electrons. The number of carbonyl (C=O) groups is 1. The predicted octanol–water partition coefficient (Wildman–Crippen LogP) is 8.58. The summed E-state index contributed by atoms with van der Waals surface area (Å²) in [6.45, 7) is 10.8. The topological polar surface area (TPSA) is 67.4 Å². The van der Waals surface area contributed by atoms with E-state index in [1.807, 2.05) is 32.9 Å². The summed E-state index contributed by atoms with van der Waals surface area (Å²) in [6.07, 6.45) is 1.11. The normalized spacial score (nSPS) is 11.7. The van der Waals surface area contributed by atoms with E-state index in [9.17, 15) is 4.79 Å². The van der Waals surface area contributed by atoms with Crippen LogP contribution in [0.5, 0.6) is 0 Å². The first kappa shape index (κ1) is 29.1. The molecule has 5 aromatic rings. The van der Waals surface area contributed by atoms with Crippen molar-refractivity contribution >= 4 is 39.4 Å². The van der Waals surface area contributed by atoms with Gasteiger partial charge in [-0.3, -0.25) is 4.90 Å². The highest BCUT2D eigenvalue weighted by molar-refractivity contribution is 5.88. The molecule has 0 fully saturated rings. The Morgan fingerprint density at radius 2 is 1.40 bits per heavy atom. The molecule has 42 heavy (non-hydrogen) atoms. The van der Waals surface area contributed by atoms with Crippen LogP contribution in [0.15, 0.2) is 91.0 Å². The number of amides is 1. The average molecular weight is 561 g/mol. The molecule has 1 amide bonds. The van der Waals surface area contributed by atoms with Crippen LogP contribution in [0.25, 0.3) is 21.5 Å². The van der Waals surface area contributed by atoms with Gasteiger partial charge in [0.1, 0.15) is 11.4 Å². The summed E-state index contributed by atoms with van der Waals surface area (Å²) < 4.78 is 5.80. The second-order valence-electron chi connectivity index (χ2n) is 12.2. The molecule has 0 saturated carbocycles. The number of benzene rings is 4. The van der Waals surface area contributed by atoms with Gasteiger partial charge in [-0.25, -0.2) is 9.78 Å². The maximum Gasteiger partial charge on any atom is 0.416 e. The molecule has 0 bridgehead atoms. The second-order valence-corrected chi connectivity index (χ2v) is 12.2. The number of hydrogen-bond acceptors (Lipinski definition) is 5. The Balaban J connectivity index is 1.48. The molecular formula is C36H40N4O2. The fourth-order valence-electron chi connectivity index (χ4n) is 5.17. The number of ether oxygens (including phenoxy) is 1. The Morgan fingerprint density at radius 1 is 0.810 bits per heavy atom. The standard InChI is InChI=1S/C36H40N4O2/c1-25(2)24-40(35(41)42-36(3,4)5)33-22-30(21-20-28-16-10-14-26-12-6-8-18-31(26)28)38-34(39-33)37-23-29-17-11-15-27-13-7-9-19-32(27)29/h6-19,22,25H,20-21,23-24H2,1-5H3,(H,37,38,39). The fraction of sp³-hybridized carbons (Fsp3) is 0.306. The molecule has 0 unspecified atom stereocenters. The number of aromatic nitrogens is 2. The third kappa shape index (κ3) is 7.24. The van der Waals surface area contributed by atoms with Gasteiger partial charge in [0.15, 0.2) is 0 Å². The van der Waals surface area contributed by atoms with E-state index in [2.05, 4.69) is 98.0 Å². The van der Waals surface area contributed by atoms with Crippen LogP contribution in [0.3, 0.4) is 0 Å². The van der Waals surface area contributed by atoms with Gasteiger partial charge >= 0.3 is 6.09 Å². The molecule has 0 aliphatic rings. The van der Waals surface area contributed by atoms with E-state index in [4.69, 9.17) is 14.7 Å². The third-order valence-corrected chi connectivity index (χ3v) is 7.05. The molecule has 216 valence electrons. The van der Waals surface area contributed by atoms with Crippen molar-refractivity contribution in [2.24, 2.45) is 5.92 Å². The zero-order chi connectivity index (χ0) is 29.7. The zero-order valence-corrected chi connectivity index (χ0v) is 25.2. The van der Waals surface area contributed by atoms with Crippen molar-refractivity contribution in [3.63, 3.8) is 0 Å². The van der Waals surface area contributed by atoms with E-state index in [-0.39, 0.29) is 5.92 Å². The summed E-state index contributed by atoms with van der Waals surface area (Å²) in [6, 6.07) is 31.5. The number of aryl methyl sites for hydroxylation is 2. The number of rotatable bonds is 9. The average Bonchev–Trinajstić information content (AvgIpc) is 2.96. The van der Waals surface area contributed by atoms with Crippen molar-refractivity contribution in [2.45, 2.75) is 59.6 Å². The summed E-state index contributed by atoms with van der Waals surface area (Å²) in [5.41, 5.74) is 2.67. The molecule has 4 aromatic carbocycles. The first-order chi connectivity index (χ1) is 20.2. The molecule has 6 nitrogen and oxygen atoms in total. The Labute approximate surface area is 248 Å². The number of nitrogens with one attached hydrogen (secondary N) is 1. The molecule has 0 aliphatic carbocycles. The summed E-state index contributed by atoms with van der Waals surface area (Å²) in [4.78, 5) is 24.8. The molecule has 1 N–H and O–H groups in total. The quantitative estimate of drug-likeness (QED) is 0.196. The Hall–Kier alpha value is -4.45. The van der Waals surface area contributed by atoms with E-state index in [1.165, 1.54) is 27.1 Å². The van der Waals surface area contributed by atoms with Crippen molar-refractivity contribution in [1.82, 2.24) is 9.97 Å². The van der Waals surface area contributed by atoms with Crippen molar-refractivity contribution in [3.8, 4) is 0 Å². The van der Waals surface area contributed by atoms with Crippen LogP contribution in [0, 0.1) is 5.92 Å². The minimum atomic E-state index is -0.619. The number of fused-ring (bicyclic) bond motifs is 2. The van der Waals surface area contributed by atoms with Gasteiger partial charge in [-0.1, -0.05) is 98.8 Å². The van der Waals surface area contributed by atoms with Crippen LogP contribution >= 0.6 is 0 Å². The van der Waals surface area contributed by atoms with Gasteiger partial charge in [0, 0.05) is 24.8 Å². The number of carbonyl (C=O) groups excluding carboxylic acids is 1. The summed E-state index contributed by atoms with van der Waals surface area (Å²) in [7, 11) is 0. The van der Waals surface area contributed by atoms with Crippen molar-refractivity contribution in [2.75, 3.05) is 16.8 Å². The SMILES string of the molecule is CC(C)CN(C(=O)OC(C)(C)C)c1cc(CCc2cccc3ccccc23)nc(NCc2cccc3ccccc23)n1. The van der Waals surface area contributed by atoms with Gasteiger partial charge in [-0.05, 0) is 72.2 Å². The highest BCUT2D eigenvalue weighted by atomic mass is 16.6. The number of nitrogens with zero attached hydrogens (tertiary/aromatic N) is 3. The molecule has 0 spiro atoms. The highest BCUT2D eigenvalue weighted by Crippen LogP contribution is 2.25. The van der Waals surface area contributed by atoms with Crippen LogP contribution in [-0.2, 0) is 24.1 Å². The summed E-state index contributed by atoms with van der Waals surface area (Å²) >= 11 is 0. The zero-order valence-electron chi connectivity index (χ0n) is 25.2. The molecule has 6 heteroatoms. The molecule has 0 saturated heterocycles. The molecule has 1 heterocycles. The fourth-order valence-corrected chi connectivity index (χ4v) is 5.17. The van der Waals surface area contributed by atoms with E-state index in [0.717, 1.165) is 17.7 Å². The highest BCUT2D eigenvalue weighted by Gasteiger charge is 2.26. The lowest BCUT2D eigenvalue weighted by atomic mass is 10.00. The summed E-state index contributed by atoms with van der Waals surface area (Å²) in [5.74, 6) is 1.26.